The van der Waals surface area contributed by atoms with Crippen LogP contribution in [0.25, 0.3) is 0 Å². The van der Waals surface area contributed by atoms with E-state index in [9.17, 15) is 14.7 Å². The van der Waals surface area contributed by atoms with E-state index in [1.165, 1.54) is 11.3 Å². The molecule has 0 spiro atoms. The highest BCUT2D eigenvalue weighted by Crippen LogP contribution is 2.14. The lowest BCUT2D eigenvalue weighted by Crippen LogP contribution is -2.44. The van der Waals surface area contributed by atoms with Gasteiger partial charge in [0.15, 0.2) is 0 Å². The Morgan fingerprint density at radius 1 is 1.43 bits per heavy atom. The summed E-state index contributed by atoms with van der Waals surface area (Å²) >= 11 is 1.53. The molecule has 0 aliphatic carbocycles. The average Bonchev–Trinajstić information content (AvgIpc) is 2.96. The molecule has 0 aromatic carbocycles. The lowest BCUT2D eigenvalue weighted by Gasteiger charge is -2.29. The molecule has 1 amide bonds. The standard InChI is InChI=1S/C15H23NO4S/c1-3-12(11-17)16(8-7-15(19)20-4-2)14(18)10-13-6-5-9-21-13/h5-6,9,12,17H,3-4,7-8,10-11H2,1-2H3. The lowest BCUT2D eigenvalue weighted by molar-refractivity contribution is -0.144. The van der Waals surface area contributed by atoms with Gasteiger partial charge in [-0.3, -0.25) is 9.59 Å². The molecular weight excluding hydrogens is 290 g/mol. The Morgan fingerprint density at radius 3 is 2.71 bits per heavy atom. The van der Waals surface area contributed by atoms with Gasteiger partial charge in [-0.2, -0.15) is 0 Å². The Kier molecular flexibility index (Phi) is 8.00. The summed E-state index contributed by atoms with van der Waals surface area (Å²) in [6, 6.07) is 3.55. The van der Waals surface area contributed by atoms with Crippen molar-refractivity contribution in [2.24, 2.45) is 0 Å². The van der Waals surface area contributed by atoms with Crippen LogP contribution in [0.3, 0.4) is 0 Å². The molecule has 1 aromatic rings. The minimum absolute atomic E-state index is 0.0670. The van der Waals surface area contributed by atoms with Gasteiger partial charge >= 0.3 is 5.97 Å². The van der Waals surface area contributed by atoms with Gasteiger partial charge in [-0.05, 0) is 24.8 Å². The van der Waals surface area contributed by atoms with Crippen molar-refractivity contribution in [1.29, 1.82) is 0 Å². The largest absolute Gasteiger partial charge is 0.466 e. The average molecular weight is 313 g/mol. The van der Waals surface area contributed by atoms with Gasteiger partial charge in [-0.25, -0.2) is 0 Å². The first-order chi connectivity index (χ1) is 10.1. The number of aliphatic hydroxyl groups is 1. The molecule has 1 aromatic heterocycles. The molecule has 1 atom stereocenters. The fourth-order valence-electron chi connectivity index (χ4n) is 2.07. The molecule has 118 valence electrons. The molecule has 6 heteroatoms. The Labute approximate surface area is 129 Å². The molecular formula is C15H23NO4S. The molecule has 21 heavy (non-hydrogen) atoms. The number of amides is 1. The third kappa shape index (κ3) is 5.85. The number of aliphatic hydroxyl groups excluding tert-OH is 1. The number of hydrogen-bond acceptors (Lipinski definition) is 5. The Morgan fingerprint density at radius 2 is 2.19 bits per heavy atom. The third-order valence-electron chi connectivity index (χ3n) is 3.21. The summed E-state index contributed by atoms with van der Waals surface area (Å²) in [5.41, 5.74) is 0. The predicted molar refractivity (Wildman–Crippen MR) is 82.2 cm³/mol. The molecule has 0 aliphatic heterocycles. The molecule has 5 nitrogen and oxygen atoms in total. The fourth-order valence-corrected chi connectivity index (χ4v) is 2.76. The van der Waals surface area contributed by atoms with E-state index in [1.807, 2.05) is 24.4 Å². The molecule has 1 rings (SSSR count). The van der Waals surface area contributed by atoms with Gasteiger partial charge in [-0.1, -0.05) is 13.0 Å². The van der Waals surface area contributed by atoms with Crippen molar-refractivity contribution in [3.63, 3.8) is 0 Å². The van der Waals surface area contributed by atoms with Crippen molar-refractivity contribution in [2.45, 2.75) is 39.2 Å². The maximum atomic E-state index is 12.4. The first-order valence-corrected chi connectivity index (χ1v) is 8.08. The van der Waals surface area contributed by atoms with Crippen molar-refractivity contribution in [3.8, 4) is 0 Å². The van der Waals surface area contributed by atoms with Crippen LogP contribution in [0.1, 0.15) is 31.6 Å². The van der Waals surface area contributed by atoms with E-state index >= 15 is 0 Å². The van der Waals surface area contributed by atoms with Crippen molar-refractivity contribution in [1.82, 2.24) is 4.90 Å². The summed E-state index contributed by atoms with van der Waals surface area (Å²) in [7, 11) is 0. The zero-order chi connectivity index (χ0) is 15.7. The Balaban J connectivity index is 2.66. The van der Waals surface area contributed by atoms with E-state index in [2.05, 4.69) is 0 Å². The molecule has 1 heterocycles. The lowest BCUT2D eigenvalue weighted by atomic mass is 10.1. The molecule has 0 radical (unpaired) electrons. The van der Waals surface area contributed by atoms with Gasteiger partial charge in [0, 0.05) is 11.4 Å². The van der Waals surface area contributed by atoms with Crippen LogP contribution in [-0.2, 0) is 20.7 Å². The first kappa shape index (κ1) is 17.7. The van der Waals surface area contributed by atoms with E-state index in [-0.39, 0.29) is 37.5 Å². The van der Waals surface area contributed by atoms with Gasteiger partial charge in [-0.15, -0.1) is 11.3 Å². The van der Waals surface area contributed by atoms with Crippen LogP contribution in [-0.4, -0.2) is 47.7 Å². The Bertz CT molecular complexity index is 429. The van der Waals surface area contributed by atoms with E-state index < -0.39 is 0 Å². The zero-order valence-electron chi connectivity index (χ0n) is 12.6. The van der Waals surface area contributed by atoms with Gasteiger partial charge in [0.05, 0.1) is 32.1 Å². The van der Waals surface area contributed by atoms with Crippen LogP contribution in [0.5, 0.6) is 0 Å². The summed E-state index contributed by atoms with van der Waals surface area (Å²) in [6.07, 6.45) is 1.10. The van der Waals surface area contributed by atoms with Gasteiger partial charge in [0.1, 0.15) is 0 Å². The molecule has 0 bridgehead atoms. The molecule has 0 aliphatic rings. The van der Waals surface area contributed by atoms with Gasteiger partial charge in [0.2, 0.25) is 5.91 Å². The second-order valence-corrected chi connectivity index (χ2v) is 5.68. The molecule has 1 unspecified atom stereocenters. The van der Waals surface area contributed by atoms with Gasteiger partial charge < -0.3 is 14.7 Å². The van der Waals surface area contributed by atoms with Crippen molar-refractivity contribution >= 4 is 23.2 Å². The molecule has 0 fully saturated rings. The number of esters is 1. The third-order valence-corrected chi connectivity index (χ3v) is 4.09. The number of carbonyl (C=O) groups is 2. The van der Waals surface area contributed by atoms with Crippen LogP contribution in [0.4, 0.5) is 0 Å². The quantitative estimate of drug-likeness (QED) is 0.707. The highest BCUT2D eigenvalue weighted by molar-refractivity contribution is 7.10. The Hall–Kier alpha value is -1.40. The number of rotatable bonds is 9. The minimum Gasteiger partial charge on any atom is -0.466 e. The van der Waals surface area contributed by atoms with Crippen LogP contribution >= 0.6 is 11.3 Å². The molecule has 0 saturated carbocycles. The van der Waals surface area contributed by atoms with Crippen molar-refractivity contribution in [2.75, 3.05) is 19.8 Å². The van der Waals surface area contributed by atoms with E-state index in [4.69, 9.17) is 4.74 Å². The highest BCUT2D eigenvalue weighted by Gasteiger charge is 2.23. The van der Waals surface area contributed by atoms with E-state index in [1.54, 1.807) is 11.8 Å². The van der Waals surface area contributed by atoms with Crippen LogP contribution in [0.15, 0.2) is 17.5 Å². The van der Waals surface area contributed by atoms with Crippen molar-refractivity contribution in [3.05, 3.63) is 22.4 Å². The highest BCUT2D eigenvalue weighted by atomic mass is 32.1. The summed E-state index contributed by atoms with van der Waals surface area (Å²) in [5, 5.41) is 11.4. The smallest absolute Gasteiger partial charge is 0.307 e. The van der Waals surface area contributed by atoms with E-state index in [0.717, 1.165) is 4.88 Å². The zero-order valence-corrected chi connectivity index (χ0v) is 13.4. The summed E-state index contributed by atoms with van der Waals surface area (Å²) in [5.74, 6) is -0.387. The van der Waals surface area contributed by atoms with Crippen LogP contribution in [0, 0.1) is 0 Å². The van der Waals surface area contributed by atoms with Gasteiger partial charge in [0.25, 0.3) is 0 Å². The number of thiophene rings is 1. The number of nitrogens with zero attached hydrogens (tertiary/aromatic N) is 1. The van der Waals surface area contributed by atoms with Crippen LogP contribution < -0.4 is 0 Å². The second kappa shape index (κ2) is 9.52. The maximum Gasteiger partial charge on any atom is 0.307 e. The summed E-state index contributed by atoms with van der Waals surface area (Å²) in [4.78, 5) is 26.4. The normalized spacial score (nSPS) is 12.0. The fraction of sp³-hybridized carbons (Fsp3) is 0.600. The number of hydrogen-bond donors (Lipinski definition) is 1. The summed E-state index contributed by atoms with van der Waals surface area (Å²) in [6.45, 7) is 4.17. The number of carbonyl (C=O) groups excluding carboxylic acids is 2. The molecule has 0 saturated heterocycles. The SMILES string of the molecule is CCOC(=O)CCN(C(=O)Cc1cccs1)C(CC)CO. The van der Waals surface area contributed by atoms with Crippen LogP contribution in [0.2, 0.25) is 0 Å². The predicted octanol–water partition coefficient (Wildman–Crippen LogP) is 1.84. The second-order valence-electron chi connectivity index (χ2n) is 4.64. The topological polar surface area (TPSA) is 66.8 Å². The number of ether oxygens (including phenoxy) is 1. The molecule has 1 N–H and O–H groups in total. The van der Waals surface area contributed by atoms with E-state index in [0.29, 0.717) is 19.4 Å². The monoisotopic (exact) mass is 313 g/mol. The maximum absolute atomic E-state index is 12.4. The first-order valence-electron chi connectivity index (χ1n) is 7.20. The van der Waals surface area contributed by atoms with Crippen molar-refractivity contribution < 1.29 is 19.4 Å². The summed E-state index contributed by atoms with van der Waals surface area (Å²) < 4.78 is 4.89. The minimum atomic E-state index is -0.320.